The van der Waals surface area contributed by atoms with Gasteiger partial charge in [-0.3, -0.25) is 14.5 Å². The summed E-state index contributed by atoms with van der Waals surface area (Å²) in [5.41, 5.74) is 1.17. The summed E-state index contributed by atoms with van der Waals surface area (Å²) in [6.07, 6.45) is 2.93. The van der Waals surface area contributed by atoms with Crippen molar-refractivity contribution >= 4 is 16.9 Å². The average Bonchev–Trinajstić information content (AvgIpc) is 3.03. The minimum atomic E-state index is -0.563. The van der Waals surface area contributed by atoms with Gasteiger partial charge in [-0.2, -0.15) is 0 Å². The van der Waals surface area contributed by atoms with E-state index in [2.05, 4.69) is 4.90 Å². The lowest BCUT2D eigenvalue weighted by Gasteiger charge is -2.33. The molecule has 26 heavy (non-hydrogen) atoms. The first-order valence-electron chi connectivity index (χ1n) is 9.29. The lowest BCUT2D eigenvalue weighted by molar-refractivity contribution is 0.0700. The van der Waals surface area contributed by atoms with Gasteiger partial charge >= 0.3 is 0 Å². The van der Waals surface area contributed by atoms with Crippen LogP contribution in [0.25, 0.3) is 11.0 Å². The smallest absolute Gasteiger partial charge is 0.289 e. The van der Waals surface area contributed by atoms with Gasteiger partial charge in [-0.25, -0.2) is 0 Å². The van der Waals surface area contributed by atoms with Crippen LogP contribution in [0.15, 0.2) is 33.5 Å². The normalized spacial score (nSPS) is 24.3. The molecule has 0 spiro atoms. The molecule has 1 aromatic heterocycles. The first-order chi connectivity index (χ1) is 12.5. The standard InChI is InChI=1S/C20H24N2O4/c1-13-5-6-14-16(23)10-19(26-18(14)9-13)20(25)22-11-15(17(24)12-22)21-7-3-2-4-8-21/h5-6,9-10,15,17,24H,2-4,7-8,11-12H2,1H3/t15-,17-/m0/s1. The highest BCUT2D eigenvalue weighted by Crippen LogP contribution is 2.23. The molecule has 2 fully saturated rings. The molecule has 6 nitrogen and oxygen atoms in total. The van der Waals surface area contributed by atoms with E-state index in [1.165, 1.54) is 12.5 Å². The fraction of sp³-hybridized carbons (Fsp3) is 0.500. The molecule has 0 saturated carbocycles. The number of amides is 1. The van der Waals surface area contributed by atoms with Crippen LogP contribution >= 0.6 is 0 Å². The number of piperidine rings is 1. The second-order valence-corrected chi connectivity index (χ2v) is 7.42. The van der Waals surface area contributed by atoms with E-state index in [-0.39, 0.29) is 29.7 Å². The molecule has 2 aliphatic rings. The minimum Gasteiger partial charge on any atom is -0.451 e. The maximum Gasteiger partial charge on any atom is 0.289 e. The monoisotopic (exact) mass is 356 g/mol. The number of nitrogens with zero attached hydrogens (tertiary/aromatic N) is 2. The molecule has 0 unspecified atom stereocenters. The topological polar surface area (TPSA) is 74.0 Å². The molecule has 2 aliphatic heterocycles. The van der Waals surface area contributed by atoms with Crippen LogP contribution in [0.3, 0.4) is 0 Å². The number of hydrogen-bond donors (Lipinski definition) is 1. The van der Waals surface area contributed by atoms with E-state index >= 15 is 0 Å². The van der Waals surface area contributed by atoms with Crippen molar-refractivity contribution in [3.63, 3.8) is 0 Å². The number of aliphatic hydroxyl groups is 1. The van der Waals surface area contributed by atoms with Crippen molar-refractivity contribution < 1.29 is 14.3 Å². The number of rotatable bonds is 2. The molecule has 2 saturated heterocycles. The maximum absolute atomic E-state index is 12.9. The number of hydrogen-bond acceptors (Lipinski definition) is 5. The van der Waals surface area contributed by atoms with Gasteiger partial charge in [-0.1, -0.05) is 12.5 Å². The van der Waals surface area contributed by atoms with Crippen molar-refractivity contribution in [2.45, 2.75) is 38.3 Å². The van der Waals surface area contributed by atoms with Crippen molar-refractivity contribution in [1.82, 2.24) is 9.80 Å². The second kappa shape index (κ2) is 6.85. The quantitative estimate of drug-likeness (QED) is 0.888. The maximum atomic E-state index is 12.9. The number of carbonyl (C=O) groups is 1. The van der Waals surface area contributed by atoms with Gasteiger partial charge in [-0.05, 0) is 50.6 Å². The van der Waals surface area contributed by atoms with Crippen LogP contribution in [0.5, 0.6) is 0 Å². The first kappa shape index (κ1) is 17.2. The molecule has 1 amide bonds. The zero-order valence-electron chi connectivity index (χ0n) is 15.0. The lowest BCUT2D eigenvalue weighted by atomic mass is 10.1. The zero-order chi connectivity index (χ0) is 18.3. The number of aliphatic hydroxyl groups excluding tert-OH is 1. The van der Waals surface area contributed by atoms with E-state index in [1.807, 2.05) is 13.0 Å². The third-order valence-corrected chi connectivity index (χ3v) is 5.50. The summed E-state index contributed by atoms with van der Waals surface area (Å²) < 4.78 is 5.73. The summed E-state index contributed by atoms with van der Waals surface area (Å²) >= 11 is 0. The minimum absolute atomic E-state index is 0.0336. The second-order valence-electron chi connectivity index (χ2n) is 7.42. The van der Waals surface area contributed by atoms with Gasteiger partial charge in [0.15, 0.2) is 11.2 Å². The molecule has 138 valence electrons. The van der Waals surface area contributed by atoms with Crippen LogP contribution in [0, 0.1) is 6.92 Å². The first-order valence-corrected chi connectivity index (χ1v) is 9.29. The van der Waals surface area contributed by atoms with Gasteiger partial charge in [0.2, 0.25) is 0 Å². The van der Waals surface area contributed by atoms with Crippen molar-refractivity contribution in [3.05, 3.63) is 45.8 Å². The fourth-order valence-electron chi connectivity index (χ4n) is 4.07. The summed E-state index contributed by atoms with van der Waals surface area (Å²) in [6.45, 7) is 4.58. The largest absolute Gasteiger partial charge is 0.451 e. The highest BCUT2D eigenvalue weighted by atomic mass is 16.3. The van der Waals surface area contributed by atoms with Crippen molar-refractivity contribution in [2.75, 3.05) is 26.2 Å². The number of carbonyl (C=O) groups excluding carboxylic acids is 1. The van der Waals surface area contributed by atoms with Crippen LogP contribution in [-0.2, 0) is 0 Å². The van der Waals surface area contributed by atoms with Crippen molar-refractivity contribution in [3.8, 4) is 0 Å². The predicted molar refractivity (Wildman–Crippen MR) is 98.3 cm³/mol. The molecular formula is C20H24N2O4. The zero-order valence-corrected chi connectivity index (χ0v) is 15.0. The SMILES string of the molecule is Cc1ccc2c(=O)cc(C(=O)N3C[C@H](O)[C@@H](N4CCCCC4)C3)oc2c1. The number of aryl methyl sites for hydroxylation is 1. The van der Waals surface area contributed by atoms with E-state index in [0.717, 1.165) is 31.5 Å². The van der Waals surface area contributed by atoms with Gasteiger partial charge in [0.05, 0.1) is 17.5 Å². The molecular weight excluding hydrogens is 332 g/mol. The van der Waals surface area contributed by atoms with E-state index in [9.17, 15) is 14.7 Å². The van der Waals surface area contributed by atoms with E-state index in [0.29, 0.717) is 17.5 Å². The average molecular weight is 356 g/mol. The van der Waals surface area contributed by atoms with Crippen LogP contribution in [0.1, 0.15) is 35.4 Å². The molecule has 2 aromatic rings. The number of β-amino-alcohol motifs (C(OH)–C–C–N with tert-alkyl or cyclic N) is 1. The fourth-order valence-corrected chi connectivity index (χ4v) is 4.07. The van der Waals surface area contributed by atoms with Gasteiger partial charge in [0, 0.05) is 19.2 Å². The van der Waals surface area contributed by atoms with Crippen LogP contribution in [-0.4, -0.2) is 59.1 Å². The molecule has 0 bridgehead atoms. The molecule has 2 atom stereocenters. The molecule has 1 N–H and O–H groups in total. The van der Waals surface area contributed by atoms with E-state index in [1.54, 1.807) is 17.0 Å². The number of benzene rings is 1. The molecule has 3 heterocycles. The molecule has 0 radical (unpaired) electrons. The molecule has 0 aliphatic carbocycles. The van der Waals surface area contributed by atoms with Crippen molar-refractivity contribution in [2.24, 2.45) is 0 Å². The Balaban J connectivity index is 1.58. The van der Waals surface area contributed by atoms with Gasteiger partial charge in [-0.15, -0.1) is 0 Å². The van der Waals surface area contributed by atoms with Gasteiger partial charge < -0.3 is 14.4 Å². The molecule has 6 heteroatoms. The van der Waals surface area contributed by atoms with Crippen LogP contribution in [0.2, 0.25) is 0 Å². The molecule has 4 rings (SSSR count). The highest BCUT2D eigenvalue weighted by Gasteiger charge is 2.38. The summed E-state index contributed by atoms with van der Waals surface area (Å²) in [6, 6.07) is 6.56. The number of likely N-dealkylation sites (tertiary alicyclic amines) is 2. The number of fused-ring (bicyclic) bond motifs is 1. The van der Waals surface area contributed by atoms with E-state index in [4.69, 9.17) is 4.42 Å². The Hall–Kier alpha value is -2.18. The van der Waals surface area contributed by atoms with E-state index < -0.39 is 6.10 Å². The Morgan fingerprint density at radius 2 is 1.92 bits per heavy atom. The Labute approximate surface area is 152 Å². The summed E-state index contributed by atoms with van der Waals surface area (Å²) in [5.74, 6) is -0.288. The Bertz CT molecular complexity index is 885. The Morgan fingerprint density at radius 1 is 1.15 bits per heavy atom. The Kier molecular flexibility index (Phi) is 4.54. The predicted octanol–water partition coefficient (Wildman–Crippen LogP) is 1.77. The van der Waals surface area contributed by atoms with Crippen molar-refractivity contribution in [1.29, 1.82) is 0 Å². The molecule has 1 aromatic carbocycles. The summed E-state index contributed by atoms with van der Waals surface area (Å²) in [4.78, 5) is 29.1. The highest BCUT2D eigenvalue weighted by molar-refractivity contribution is 5.93. The third kappa shape index (κ3) is 3.15. The van der Waals surface area contributed by atoms with Gasteiger partial charge in [0.25, 0.3) is 5.91 Å². The van der Waals surface area contributed by atoms with Gasteiger partial charge in [0.1, 0.15) is 5.58 Å². The lowest BCUT2D eigenvalue weighted by Crippen LogP contribution is -2.46. The Morgan fingerprint density at radius 3 is 2.69 bits per heavy atom. The summed E-state index contributed by atoms with van der Waals surface area (Å²) in [5, 5.41) is 10.9. The third-order valence-electron chi connectivity index (χ3n) is 5.50. The van der Waals surface area contributed by atoms with Crippen LogP contribution in [0.4, 0.5) is 0 Å². The summed E-state index contributed by atoms with van der Waals surface area (Å²) in [7, 11) is 0. The van der Waals surface area contributed by atoms with Crippen LogP contribution < -0.4 is 5.43 Å².